The second-order valence-corrected chi connectivity index (χ2v) is 10.6. The van der Waals surface area contributed by atoms with Crippen molar-refractivity contribution in [3.8, 4) is 0 Å². The number of carboxylic acid groups (broad SMARTS) is 1. The monoisotopic (exact) mass is 515 g/mol. The molecule has 2 fully saturated rings. The predicted molar refractivity (Wildman–Crippen MR) is 142 cm³/mol. The molecule has 38 heavy (non-hydrogen) atoms. The lowest BCUT2D eigenvalue weighted by molar-refractivity contribution is 0.0532. The zero-order chi connectivity index (χ0) is 26.6. The molecule has 196 valence electrons. The molecular formula is C27H29N7O4. The van der Waals surface area contributed by atoms with Gasteiger partial charge >= 0.3 is 11.8 Å². The minimum atomic E-state index is -0.818. The number of aromatic amines is 1. The van der Waals surface area contributed by atoms with E-state index in [9.17, 15) is 14.7 Å². The number of carbonyl (C=O) groups is 1. The smallest absolute Gasteiger partial charge is 0.417 e. The number of aromatic nitrogens is 4. The Morgan fingerprint density at radius 2 is 2.00 bits per heavy atom. The first kappa shape index (κ1) is 24.0. The van der Waals surface area contributed by atoms with Crippen LogP contribution in [0, 0.1) is 13.8 Å². The number of nitrogens with one attached hydrogen (secondary N) is 3. The number of pyridine rings is 1. The fourth-order valence-electron chi connectivity index (χ4n) is 6.14. The molecule has 0 saturated carbocycles. The Labute approximate surface area is 218 Å². The molecule has 2 saturated heterocycles. The highest BCUT2D eigenvalue weighted by molar-refractivity contribution is 5.78. The molecule has 1 aromatic carbocycles. The summed E-state index contributed by atoms with van der Waals surface area (Å²) in [5, 5.41) is 16.2. The molecule has 4 aromatic rings. The summed E-state index contributed by atoms with van der Waals surface area (Å²) in [5.41, 5.74) is 5.22. The highest BCUT2D eigenvalue weighted by atomic mass is 16.4. The zero-order valence-electron chi connectivity index (χ0n) is 21.4. The fourth-order valence-corrected chi connectivity index (χ4v) is 6.14. The molecule has 2 aliphatic rings. The first-order valence-electron chi connectivity index (χ1n) is 12.7. The lowest BCUT2D eigenvalue weighted by Crippen LogP contribution is -2.52. The van der Waals surface area contributed by atoms with E-state index >= 15 is 0 Å². The van der Waals surface area contributed by atoms with Gasteiger partial charge in [-0.1, -0.05) is 0 Å². The number of aryl methyl sites for hydroxylation is 2. The van der Waals surface area contributed by atoms with Gasteiger partial charge in [0.2, 0.25) is 5.95 Å². The van der Waals surface area contributed by atoms with Crippen LogP contribution in [0.15, 0.2) is 45.9 Å². The molecule has 3 unspecified atom stereocenters. The number of fused-ring (bicyclic) bond motifs is 3. The van der Waals surface area contributed by atoms with Gasteiger partial charge in [0.05, 0.1) is 17.4 Å². The molecule has 3 atom stereocenters. The van der Waals surface area contributed by atoms with Crippen LogP contribution in [0.3, 0.4) is 0 Å². The molecule has 2 aliphatic heterocycles. The highest BCUT2D eigenvalue weighted by Crippen LogP contribution is 2.49. The number of amides is 1. The number of H-pyrrole nitrogens is 1. The van der Waals surface area contributed by atoms with Crippen molar-refractivity contribution in [2.24, 2.45) is 0 Å². The number of hydrogen-bond acceptors (Lipinski definition) is 8. The number of oxazole rings is 1. The molecule has 4 N–H and O–H groups in total. The van der Waals surface area contributed by atoms with Gasteiger partial charge in [-0.05, 0) is 76.3 Å². The molecule has 3 aromatic heterocycles. The SMILES string of the molecule is Cc1cnc(Nc2cnc(C3CC4CCC(C)(C3)N4C(=O)O)c(C)c2)nc1Nc1ccc2oc(=O)[nH]c2c1. The Bertz CT molecular complexity index is 1610. The van der Waals surface area contributed by atoms with Crippen molar-refractivity contribution in [2.75, 3.05) is 10.6 Å². The Morgan fingerprint density at radius 3 is 2.76 bits per heavy atom. The first-order valence-corrected chi connectivity index (χ1v) is 12.7. The van der Waals surface area contributed by atoms with Crippen LogP contribution < -0.4 is 16.4 Å². The van der Waals surface area contributed by atoms with Crippen molar-refractivity contribution in [3.63, 3.8) is 0 Å². The molecule has 6 rings (SSSR count). The van der Waals surface area contributed by atoms with Crippen LogP contribution in [0.4, 0.5) is 27.9 Å². The number of benzene rings is 1. The van der Waals surface area contributed by atoms with Gasteiger partial charge in [-0.15, -0.1) is 0 Å². The minimum absolute atomic E-state index is 0.0524. The van der Waals surface area contributed by atoms with Crippen molar-refractivity contribution in [3.05, 3.63) is 64.0 Å². The number of piperidine rings is 1. The van der Waals surface area contributed by atoms with Gasteiger partial charge < -0.3 is 20.2 Å². The van der Waals surface area contributed by atoms with E-state index in [4.69, 9.17) is 9.40 Å². The molecule has 0 radical (unpaired) electrons. The molecule has 2 bridgehead atoms. The normalized spacial score (nSPS) is 22.6. The van der Waals surface area contributed by atoms with Gasteiger partial charge in [-0.3, -0.25) is 14.9 Å². The van der Waals surface area contributed by atoms with Crippen molar-refractivity contribution in [1.29, 1.82) is 0 Å². The summed E-state index contributed by atoms with van der Waals surface area (Å²) in [6.45, 7) is 6.01. The summed E-state index contributed by atoms with van der Waals surface area (Å²) in [7, 11) is 0. The molecular weight excluding hydrogens is 486 g/mol. The van der Waals surface area contributed by atoms with Crippen LogP contribution in [0.25, 0.3) is 11.1 Å². The quantitative estimate of drug-likeness (QED) is 0.282. The molecule has 11 nitrogen and oxygen atoms in total. The summed E-state index contributed by atoms with van der Waals surface area (Å²) in [6.07, 6.45) is 6.09. The third-order valence-corrected chi connectivity index (χ3v) is 7.83. The second-order valence-electron chi connectivity index (χ2n) is 10.6. The summed E-state index contributed by atoms with van der Waals surface area (Å²) < 4.78 is 5.07. The van der Waals surface area contributed by atoms with Crippen LogP contribution in [0.1, 0.15) is 55.3 Å². The third kappa shape index (κ3) is 4.23. The number of nitrogens with zero attached hydrogens (tertiary/aromatic N) is 4. The average Bonchev–Trinajstić information content (AvgIpc) is 3.33. The van der Waals surface area contributed by atoms with Gasteiger partial charge in [0.15, 0.2) is 5.58 Å². The zero-order valence-corrected chi connectivity index (χ0v) is 21.4. The van der Waals surface area contributed by atoms with Crippen molar-refractivity contribution in [2.45, 2.75) is 64.0 Å². The average molecular weight is 516 g/mol. The molecule has 1 amide bonds. The summed E-state index contributed by atoms with van der Waals surface area (Å²) in [5.74, 6) is 0.781. The van der Waals surface area contributed by atoms with Gasteiger partial charge in [-0.25, -0.2) is 14.6 Å². The topological polar surface area (TPSA) is 149 Å². The van der Waals surface area contributed by atoms with Crippen LogP contribution in [-0.2, 0) is 0 Å². The molecule has 11 heteroatoms. The van der Waals surface area contributed by atoms with Crippen LogP contribution in [0.5, 0.6) is 0 Å². The van der Waals surface area contributed by atoms with Crippen LogP contribution in [-0.4, -0.2) is 47.6 Å². The first-order chi connectivity index (χ1) is 18.2. The summed E-state index contributed by atoms with van der Waals surface area (Å²) in [6, 6.07) is 7.41. The summed E-state index contributed by atoms with van der Waals surface area (Å²) >= 11 is 0. The highest BCUT2D eigenvalue weighted by Gasteiger charge is 2.51. The minimum Gasteiger partial charge on any atom is -0.465 e. The van der Waals surface area contributed by atoms with Crippen LogP contribution in [0.2, 0.25) is 0 Å². The van der Waals surface area contributed by atoms with Crippen molar-refractivity contribution in [1.82, 2.24) is 24.8 Å². The molecule has 0 spiro atoms. The van der Waals surface area contributed by atoms with Gasteiger partial charge in [0.1, 0.15) is 5.82 Å². The van der Waals surface area contributed by atoms with Crippen molar-refractivity contribution < 1.29 is 14.3 Å². The maximum Gasteiger partial charge on any atom is 0.417 e. The Balaban J connectivity index is 1.19. The van der Waals surface area contributed by atoms with Gasteiger partial charge in [0, 0.05) is 40.6 Å². The van der Waals surface area contributed by atoms with E-state index in [1.165, 1.54) is 0 Å². The third-order valence-electron chi connectivity index (χ3n) is 7.83. The van der Waals surface area contributed by atoms with E-state index in [2.05, 4.69) is 32.5 Å². The van der Waals surface area contributed by atoms with Gasteiger partial charge in [0.25, 0.3) is 0 Å². The van der Waals surface area contributed by atoms with E-state index in [0.717, 1.165) is 53.9 Å². The van der Waals surface area contributed by atoms with E-state index in [1.54, 1.807) is 29.4 Å². The fraction of sp³-hybridized carbons (Fsp3) is 0.370. The van der Waals surface area contributed by atoms with E-state index in [-0.39, 0.29) is 17.5 Å². The van der Waals surface area contributed by atoms with E-state index < -0.39 is 11.8 Å². The lowest BCUT2D eigenvalue weighted by atomic mass is 9.80. The Kier molecular flexibility index (Phi) is 5.59. The molecule has 5 heterocycles. The summed E-state index contributed by atoms with van der Waals surface area (Å²) in [4.78, 5) is 41.4. The van der Waals surface area contributed by atoms with E-state index in [0.29, 0.717) is 22.9 Å². The van der Waals surface area contributed by atoms with Crippen LogP contribution >= 0.6 is 0 Å². The largest absolute Gasteiger partial charge is 0.465 e. The number of rotatable bonds is 5. The predicted octanol–water partition coefficient (Wildman–Crippen LogP) is 5.19. The Morgan fingerprint density at radius 1 is 1.16 bits per heavy atom. The number of anilines is 4. The second kappa shape index (κ2) is 8.86. The Hall–Kier alpha value is -4.41. The maximum absolute atomic E-state index is 11.8. The van der Waals surface area contributed by atoms with Gasteiger partial charge in [-0.2, -0.15) is 4.98 Å². The standard InChI is InChI=1S/C27H29N7O4/c1-14-8-18(13-28-22(14)16-9-19-6-7-27(3,11-16)34(19)26(36)37)31-24-29-12-15(2)23(33-24)30-17-4-5-21-20(10-17)32-25(35)38-21/h4-5,8,10,12-13,16,19H,6-7,9,11H2,1-3H3,(H,32,35)(H,36,37)(H2,29,30,31,33). The lowest BCUT2D eigenvalue weighted by Gasteiger charge is -2.44. The van der Waals surface area contributed by atoms with E-state index in [1.807, 2.05) is 26.0 Å². The maximum atomic E-state index is 11.8. The number of hydrogen-bond donors (Lipinski definition) is 4. The van der Waals surface area contributed by atoms with Crippen molar-refractivity contribution >= 4 is 40.3 Å². The molecule has 0 aliphatic carbocycles.